The molecule has 0 aliphatic rings. The Bertz CT molecular complexity index is 938. The van der Waals surface area contributed by atoms with Gasteiger partial charge >= 0.3 is 0 Å². The van der Waals surface area contributed by atoms with Gasteiger partial charge in [-0.05, 0) is 37.5 Å². The second kappa shape index (κ2) is 10.1. The molecule has 0 saturated heterocycles. The first kappa shape index (κ1) is 20.9. The minimum Gasteiger partial charge on any atom is -0.496 e. The lowest BCUT2D eigenvalue weighted by atomic mass is 10.1. The molecule has 1 heterocycles. The Morgan fingerprint density at radius 3 is 2.45 bits per heavy atom. The number of unbranched alkanes of at least 4 members (excludes halogenated alkanes) is 1. The molecule has 2 aromatic carbocycles. The number of methoxy groups -OCH3 is 3. The summed E-state index contributed by atoms with van der Waals surface area (Å²) in [7, 11) is 4.75. The number of hydrogen-bond donors (Lipinski definition) is 1. The van der Waals surface area contributed by atoms with Crippen LogP contribution in [0, 0.1) is 0 Å². The van der Waals surface area contributed by atoms with E-state index in [1.807, 2.05) is 24.3 Å². The van der Waals surface area contributed by atoms with Crippen molar-refractivity contribution in [3.05, 3.63) is 47.0 Å². The van der Waals surface area contributed by atoms with Crippen LogP contribution < -0.4 is 19.5 Å². The van der Waals surface area contributed by atoms with E-state index in [1.54, 1.807) is 38.7 Å². The fraction of sp³-hybridized carbons (Fsp3) is 0.364. The van der Waals surface area contributed by atoms with Crippen molar-refractivity contribution in [1.82, 2.24) is 10.3 Å². The third kappa shape index (κ3) is 5.38. The average Bonchev–Trinajstić information content (AvgIpc) is 3.17. The fourth-order valence-electron chi connectivity index (χ4n) is 3.10. The highest BCUT2D eigenvalue weighted by molar-refractivity contribution is 7.18. The van der Waals surface area contributed by atoms with Crippen LogP contribution >= 0.6 is 11.3 Å². The van der Waals surface area contributed by atoms with Crippen molar-refractivity contribution in [1.29, 1.82) is 0 Å². The van der Waals surface area contributed by atoms with E-state index >= 15 is 0 Å². The summed E-state index contributed by atoms with van der Waals surface area (Å²) in [5, 5.41) is 4.08. The highest BCUT2D eigenvalue weighted by Gasteiger charge is 2.13. The van der Waals surface area contributed by atoms with Gasteiger partial charge < -0.3 is 19.5 Å². The Labute approximate surface area is 174 Å². The quantitative estimate of drug-likeness (QED) is 0.500. The van der Waals surface area contributed by atoms with E-state index in [2.05, 4.69) is 16.4 Å². The number of carbonyl (C=O) groups is 1. The Morgan fingerprint density at radius 1 is 1.00 bits per heavy atom. The molecule has 0 spiro atoms. The van der Waals surface area contributed by atoms with Gasteiger partial charge in [-0.2, -0.15) is 0 Å². The van der Waals surface area contributed by atoms with Crippen molar-refractivity contribution in [2.75, 3.05) is 21.3 Å². The van der Waals surface area contributed by atoms with Gasteiger partial charge in [0.05, 0.1) is 36.6 Å². The number of fused-ring (bicyclic) bond motifs is 1. The summed E-state index contributed by atoms with van der Waals surface area (Å²) in [6.07, 6.45) is 3.15. The highest BCUT2D eigenvalue weighted by atomic mass is 32.1. The molecular weight excluding hydrogens is 388 g/mol. The molecule has 6 nitrogen and oxygen atoms in total. The van der Waals surface area contributed by atoms with Crippen molar-refractivity contribution in [2.45, 2.75) is 32.2 Å². The zero-order valence-electron chi connectivity index (χ0n) is 17.0. The van der Waals surface area contributed by atoms with Crippen LogP contribution in [-0.2, 0) is 17.8 Å². The molecule has 1 N–H and O–H groups in total. The van der Waals surface area contributed by atoms with Crippen molar-refractivity contribution < 1.29 is 19.0 Å². The van der Waals surface area contributed by atoms with Gasteiger partial charge in [-0.1, -0.05) is 12.1 Å². The third-order valence-corrected chi connectivity index (χ3v) is 5.74. The zero-order chi connectivity index (χ0) is 20.6. The third-order valence-electron chi connectivity index (χ3n) is 4.65. The topological polar surface area (TPSA) is 69.7 Å². The number of amides is 1. The molecule has 0 saturated carbocycles. The number of carbonyl (C=O) groups excluding carboxylic acids is 1. The standard InChI is InChI=1S/C22H26N2O4S/c1-26-17-13-19(28-3)18(27-2)12-15(17)14-23-21(25)10-6-7-11-22-24-16-8-4-5-9-20(16)29-22/h4-5,8-9,12-13H,6-7,10-11,14H2,1-3H3,(H,23,25). The lowest BCUT2D eigenvalue weighted by Gasteiger charge is -2.14. The van der Waals surface area contributed by atoms with Gasteiger partial charge in [-0.3, -0.25) is 4.79 Å². The van der Waals surface area contributed by atoms with Crippen LogP contribution in [0.1, 0.15) is 29.8 Å². The van der Waals surface area contributed by atoms with Crippen LogP contribution in [0.5, 0.6) is 17.2 Å². The van der Waals surface area contributed by atoms with Crippen molar-refractivity contribution in [3.63, 3.8) is 0 Å². The van der Waals surface area contributed by atoms with Crippen LogP contribution in [0.2, 0.25) is 0 Å². The molecule has 7 heteroatoms. The second-order valence-electron chi connectivity index (χ2n) is 6.58. The first-order chi connectivity index (χ1) is 14.1. The van der Waals surface area contributed by atoms with Crippen LogP contribution in [0.25, 0.3) is 10.2 Å². The summed E-state index contributed by atoms with van der Waals surface area (Å²) in [6, 6.07) is 11.7. The maximum atomic E-state index is 12.2. The highest BCUT2D eigenvalue weighted by Crippen LogP contribution is 2.34. The van der Waals surface area contributed by atoms with E-state index in [1.165, 1.54) is 4.70 Å². The van der Waals surface area contributed by atoms with E-state index in [0.717, 1.165) is 35.4 Å². The number of rotatable bonds is 10. The average molecular weight is 415 g/mol. The van der Waals surface area contributed by atoms with Crippen LogP contribution in [-0.4, -0.2) is 32.2 Å². The molecule has 0 fully saturated rings. The molecule has 3 rings (SSSR count). The van der Waals surface area contributed by atoms with Crippen LogP contribution in [0.4, 0.5) is 0 Å². The number of ether oxygens (including phenoxy) is 3. The molecule has 1 amide bonds. The van der Waals surface area contributed by atoms with Crippen LogP contribution in [0.3, 0.4) is 0 Å². The SMILES string of the molecule is COc1cc(OC)c(OC)cc1CNC(=O)CCCCc1nc2ccccc2s1. The lowest BCUT2D eigenvalue weighted by molar-refractivity contribution is -0.121. The Morgan fingerprint density at radius 2 is 1.72 bits per heavy atom. The van der Waals surface area contributed by atoms with Gasteiger partial charge in [-0.15, -0.1) is 11.3 Å². The van der Waals surface area contributed by atoms with E-state index in [0.29, 0.717) is 30.2 Å². The number of hydrogen-bond acceptors (Lipinski definition) is 6. The van der Waals surface area contributed by atoms with Crippen molar-refractivity contribution in [2.24, 2.45) is 0 Å². The number of benzene rings is 2. The number of thiazole rings is 1. The molecular formula is C22H26N2O4S. The molecule has 3 aromatic rings. The summed E-state index contributed by atoms with van der Waals surface area (Å²) in [6.45, 7) is 0.375. The summed E-state index contributed by atoms with van der Waals surface area (Å²) in [4.78, 5) is 16.9. The molecule has 0 aliphatic heterocycles. The van der Waals surface area contributed by atoms with Gasteiger partial charge in [-0.25, -0.2) is 4.98 Å². The molecule has 0 unspecified atom stereocenters. The molecule has 0 bridgehead atoms. The molecule has 0 aliphatic carbocycles. The van der Waals surface area contributed by atoms with Crippen LogP contribution in [0.15, 0.2) is 36.4 Å². The lowest BCUT2D eigenvalue weighted by Crippen LogP contribution is -2.22. The van der Waals surface area contributed by atoms with Crippen molar-refractivity contribution in [3.8, 4) is 17.2 Å². The van der Waals surface area contributed by atoms with E-state index in [4.69, 9.17) is 14.2 Å². The molecule has 29 heavy (non-hydrogen) atoms. The monoisotopic (exact) mass is 414 g/mol. The summed E-state index contributed by atoms with van der Waals surface area (Å²) in [5.74, 6) is 1.87. The largest absolute Gasteiger partial charge is 0.496 e. The van der Waals surface area contributed by atoms with E-state index < -0.39 is 0 Å². The summed E-state index contributed by atoms with van der Waals surface area (Å²) >= 11 is 1.73. The number of aromatic nitrogens is 1. The number of aryl methyl sites for hydroxylation is 1. The van der Waals surface area contributed by atoms with Gasteiger partial charge in [0.1, 0.15) is 5.75 Å². The minimum atomic E-state index is 0.0196. The minimum absolute atomic E-state index is 0.0196. The maximum absolute atomic E-state index is 12.2. The predicted octanol–water partition coefficient (Wildman–Crippen LogP) is 4.35. The van der Waals surface area contributed by atoms with E-state index in [9.17, 15) is 4.79 Å². The summed E-state index contributed by atoms with van der Waals surface area (Å²) in [5.41, 5.74) is 1.89. The number of nitrogens with zero attached hydrogens (tertiary/aromatic N) is 1. The normalized spacial score (nSPS) is 10.7. The maximum Gasteiger partial charge on any atom is 0.220 e. The second-order valence-corrected chi connectivity index (χ2v) is 7.69. The van der Waals surface area contributed by atoms with Gasteiger partial charge in [0.25, 0.3) is 0 Å². The Balaban J connectivity index is 1.46. The van der Waals surface area contributed by atoms with Gasteiger partial charge in [0.2, 0.25) is 5.91 Å². The van der Waals surface area contributed by atoms with E-state index in [-0.39, 0.29) is 5.91 Å². The predicted molar refractivity (Wildman–Crippen MR) is 115 cm³/mol. The Kier molecular flexibility index (Phi) is 7.30. The molecule has 0 atom stereocenters. The number of nitrogens with one attached hydrogen (secondary N) is 1. The first-order valence-electron chi connectivity index (χ1n) is 9.54. The molecule has 0 radical (unpaired) electrons. The summed E-state index contributed by atoms with van der Waals surface area (Å²) < 4.78 is 17.2. The fourth-order valence-corrected chi connectivity index (χ4v) is 4.11. The van der Waals surface area contributed by atoms with Gasteiger partial charge in [0, 0.05) is 24.6 Å². The first-order valence-corrected chi connectivity index (χ1v) is 10.4. The Hall–Kier alpha value is -2.80. The smallest absolute Gasteiger partial charge is 0.220 e. The number of para-hydroxylation sites is 1. The zero-order valence-corrected chi connectivity index (χ0v) is 17.8. The molecule has 1 aromatic heterocycles. The van der Waals surface area contributed by atoms with Gasteiger partial charge in [0.15, 0.2) is 11.5 Å². The van der Waals surface area contributed by atoms with Crippen molar-refractivity contribution >= 4 is 27.5 Å². The molecule has 154 valence electrons.